The standard InChI is InChI=1S/C24H23Cl2N3O2/c1-14(2)13-31-27-12-15-5-9-20-23(22(15)17-7-6-16(25)11-19(17)26)18-8-10-21(30)29(4)24(18)28(20)3/h5-12,14H,13H2,1-4H3. The lowest BCUT2D eigenvalue weighted by Crippen LogP contribution is -2.16. The molecule has 0 spiro atoms. The molecule has 5 nitrogen and oxygen atoms in total. The second-order valence-electron chi connectivity index (χ2n) is 8.00. The van der Waals surface area contributed by atoms with Crippen molar-refractivity contribution in [2.45, 2.75) is 13.8 Å². The van der Waals surface area contributed by atoms with Gasteiger partial charge in [-0.05, 0) is 30.2 Å². The minimum absolute atomic E-state index is 0.0617. The lowest BCUT2D eigenvalue weighted by Gasteiger charge is -2.12. The molecule has 0 aliphatic rings. The third kappa shape index (κ3) is 3.84. The molecule has 0 fully saturated rings. The Morgan fingerprint density at radius 1 is 1.06 bits per heavy atom. The quantitative estimate of drug-likeness (QED) is 0.273. The molecule has 31 heavy (non-hydrogen) atoms. The Hall–Kier alpha value is -2.76. The van der Waals surface area contributed by atoms with E-state index in [1.54, 1.807) is 30.0 Å². The van der Waals surface area contributed by atoms with Gasteiger partial charge in [-0.2, -0.15) is 0 Å². The van der Waals surface area contributed by atoms with Crippen molar-refractivity contribution >= 4 is 51.4 Å². The van der Waals surface area contributed by atoms with Gasteiger partial charge in [0.15, 0.2) is 0 Å². The zero-order valence-corrected chi connectivity index (χ0v) is 19.3. The molecule has 2 aromatic carbocycles. The molecule has 0 atom stereocenters. The van der Waals surface area contributed by atoms with E-state index in [-0.39, 0.29) is 5.56 Å². The van der Waals surface area contributed by atoms with Crippen molar-refractivity contribution in [3.05, 3.63) is 68.4 Å². The summed E-state index contributed by atoms with van der Waals surface area (Å²) in [7, 11) is 3.73. The number of aromatic nitrogens is 2. The second-order valence-corrected chi connectivity index (χ2v) is 8.84. The van der Waals surface area contributed by atoms with Crippen molar-refractivity contribution in [3.63, 3.8) is 0 Å². The van der Waals surface area contributed by atoms with E-state index in [0.717, 1.165) is 38.6 Å². The van der Waals surface area contributed by atoms with E-state index >= 15 is 0 Å². The third-order valence-electron chi connectivity index (χ3n) is 5.32. The molecular formula is C24H23Cl2N3O2. The molecule has 0 radical (unpaired) electrons. The Labute approximate surface area is 190 Å². The molecule has 2 heterocycles. The highest BCUT2D eigenvalue weighted by molar-refractivity contribution is 6.37. The first-order valence-electron chi connectivity index (χ1n) is 10.0. The molecule has 7 heteroatoms. The summed E-state index contributed by atoms with van der Waals surface area (Å²) in [6.45, 7) is 4.67. The van der Waals surface area contributed by atoms with Crippen LogP contribution in [0.5, 0.6) is 0 Å². The van der Waals surface area contributed by atoms with Crippen LogP contribution in [-0.2, 0) is 18.9 Å². The Kier molecular flexibility index (Phi) is 5.82. The normalized spacial score (nSPS) is 12.0. The zero-order chi connectivity index (χ0) is 22.3. The van der Waals surface area contributed by atoms with Gasteiger partial charge < -0.3 is 9.40 Å². The van der Waals surface area contributed by atoms with Gasteiger partial charge in [-0.25, -0.2) is 0 Å². The fourth-order valence-electron chi connectivity index (χ4n) is 3.88. The van der Waals surface area contributed by atoms with Crippen molar-refractivity contribution in [1.82, 2.24) is 9.13 Å². The number of halogens is 2. The summed E-state index contributed by atoms with van der Waals surface area (Å²) in [5, 5.41) is 7.24. The fourth-order valence-corrected chi connectivity index (χ4v) is 4.38. The summed E-state index contributed by atoms with van der Waals surface area (Å²) in [6.07, 6.45) is 1.71. The van der Waals surface area contributed by atoms with Crippen LogP contribution < -0.4 is 5.56 Å². The Morgan fingerprint density at radius 3 is 2.55 bits per heavy atom. The van der Waals surface area contributed by atoms with Gasteiger partial charge in [0, 0.05) is 57.7 Å². The van der Waals surface area contributed by atoms with Crippen LogP contribution in [0.25, 0.3) is 33.1 Å². The van der Waals surface area contributed by atoms with Gasteiger partial charge in [0.25, 0.3) is 5.56 Å². The van der Waals surface area contributed by atoms with Crippen LogP contribution in [0, 0.1) is 5.92 Å². The van der Waals surface area contributed by atoms with Crippen molar-refractivity contribution in [2.24, 2.45) is 25.2 Å². The van der Waals surface area contributed by atoms with Gasteiger partial charge in [-0.15, -0.1) is 0 Å². The summed E-state index contributed by atoms with van der Waals surface area (Å²) in [5.74, 6) is 0.379. The van der Waals surface area contributed by atoms with Crippen molar-refractivity contribution in [2.75, 3.05) is 6.61 Å². The van der Waals surface area contributed by atoms with E-state index in [9.17, 15) is 4.79 Å². The first-order chi connectivity index (χ1) is 14.8. The van der Waals surface area contributed by atoms with E-state index in [1.807, 2.05) is 41.9 Å². The van der Waals surface area contributed by atoms with Crippen LogP contribution in [0.15, 0.2) is 52.4 Å². The molecule has 4 aromatic rings. The Bertz CT molecular complexity index is 1380. The summed E-state index contributed by atoms with van der Waals surface area (Å²) in [6, 6.07) is 12.9. The predicted molar refractivity (Wildman–Crippen MR) is 130 cm³/mol. The lowest BCUT2D eigenvalue weighted by molar-refractivity contribution is 0.120. The molecular weight excluding hydrogens is 433 g/mol. The van der Waals surface area contributed by atoms with Crippen LogP contribution in [0.3, 0.4) is 0 Å². The molecule has 0 N–H and O–H groups in total. The number of benzene rings is 2. The maximum atomic E-state index is 12.3. The third-order valence-corrected chi connectivity index (χ3v) is 5.87. The molecule has 0 saturated carbocycles. The van der Waals surface area contributed by atoms with Crippen molar-refractivity contribution in [3.8, 4) is 11.1 Å². The van der Waals surface area contributed by atoms with Crippen molar-refractivity contribution in [1.29, 1.82) is 0 Å². The zero-order valence-electron chi connectivity index (χ0n) is 17.8. The van der Waals surface area contributed by atoms with E-state index < -0.39 is 0 Å². The molecule has 2 aromatic heterocycles. The summed E-state index contributed by atoms with van der Waals surface area (Å²) >= 11 is 12.8. The Morgan fingerprint density at radius 2 is 1.84 bits per heavy atom. The number of fused-ring (bicyclic) bond motifs is 3. The highest BCUT2D eigenvalue weighted by Gasteiger charge is 2.19. The molecule has 0 saturated heterocycles. The SMILES string of the molecule is CC(C)CON=Cc1ccc2c(c1-c1ccc(Cl)cc1Cl)c1ccc(=O)n(C)c1n2C. The number of pyridine rings is 1. The predicted octanol–water partition coefficient (Wildman–Crippen LogP) is 6.01. The average molecular weight is 456 g/mol. The van der Waals surface area contributed by atoms with Crippen LogP contribution in [0.2, 0.25) is 10.0 Å². The maximum absolute atomic E-state index is 12.3. The first-order valence-corrected chi connectivity index (χ1v) is 10.8. The fraction of sp³-hybridized carbons (Fsp3) is 0.250. The lowest BCUT2D eigenvalue weighted by atomic mass is 9.95. The summed E-state index contributed by atoms with van der Waals surface area (Å²) in [4.78, 5) is 17.7. The summed E-state index contributed by atoms with van der Waals surface area (Å²) in [5.41, 5.74) is 4.37. The number of hydrogen-bond acceptors (Lipinski definition) is 3. The largest absolute Gasteiger partial charge is 0.396 e. The molecule has 4 rings (SSSR count). The molecule has 0 aliphatic heterocycles. The van der Waals surface area contributed by atoms with E-state index in [2.05, 4.69) is 19.0 Å². The molecule has 0 amide bonds. The van der Waals surface area contributed by atoms with Gasteiger partial charge in [0.1, 0.15) is 12.3 Å². The van der Waals surface area contributed by atoms with Crippen molar-refractivity contribution < 1.29 is 4.84 Å². The van der Waals surface area contributed by atoms with Gasteiger partial charge in [0.2, 0.25) is 0 Å². The number of aryl methyl sites for hydroxylation is 2. The topological polar surface area (TPSA) is 48.5 Å². The van der Waals surface area contributed by atoms with Gasteiger partial charge in [-0.1, -0.05) is 54.3 Å². The van der Waals surface area contributed by atoms with Gasteiger partial charge >= 0.3 is 0 Å². The Balaban J connectivity index is 2.07. The van der Waals surface area contributed by atoms with Crippen LogP contribution >= 0.6 is 23.2 Å². The van der Waals surface area contributed by atoms with E-state index in [4.69, 9.17) is 28.0 Å². The first kappa shape index (κ1) is 21.5. The van der Waals surface area contributed by atoms with Crippen LogP contribution in [0.4, 0.5) is 0 Å². The minimum atomic E-state index is -0.0617. The number of hydrogen-bond donors (Lipinski definition) is 0. The van der Waals surface area contributed by atoms with Crippen LogP contribution in [0.1, 0.15) is 19.4 Å². The smallest absolute Gasteiger partial charge is 0.251 e. The minimum Gasteiger partial charge on any atom is -0.396 e. The molecule has 0 aliphatic carbocycles. The average Bonchev–Trinajstić information content (AvgIpc) is 3.01. The number of oxime groups is 1. The highest BCUT2D eigenvalue weighted by Crippen LogP contribution is 2.41. The highest BCUT2D eigenvalue weighted by atomic mass is 35.5. The van der Waals surface area contributed by atoms with Gasteiger partial charge in [0.05, 0.1) is 11.7 Å². The van der Waals surface area contributed by atoms with Gasteiger partial charge in [-0.3, -0.25) is 9.36 Å². The van der Waals surface area contributed by atoms with Crippen LogP contribution in [-0.4, -0.2) is 22.0 Å². The monoisotopic (exact) mass is 455 g/mol. The number of nitrogens with zero attached hydrogens (tertiary/aromatic N) is 3. The number of rotatable bonds is 5. The molecule has 0 bridgehead atoms. The molecule has 0 unspecified atom stereocenters. The summed E-state index contributed by atoms with van der Waals surface area (Å²) < 4.78 is 3.68. The van der Waals surface area contributed by atoms with E-state index in [1.165, 1.54) is 0 Å². The second kappa shape index (κ2) is 8.40. The molecule has 160 valence electrons. The van der Waals surface area contributed by atoms with E-state index in [0.29, 0.717) is 22.6 Å². The maximum Gasteiger partial charge on any atom is 0.251 e.